The van der Waals surface area contributed by atoms with Gasteiger partial charge in [0.1, 0.15) is 0 Å². The van der Waals surface area contributed by atoms with Gasteiger partial charge in [-0.2, -0.15) is 11.8 Å². The van der Waals surface area contributed by atoms with Crippen LogP contribution in [0, 0.1) is 5.92 Å². The molecule has 1 N–H and O–H groups in total. The summed E-state index contributed by atoms with van der Waals surface area (Å²) in [5.74, 6) is 2.13. The fourth-order valence-electron chi connectivity index (χ4n) is 1.07. The van der Waals surface area contributed by atoms with E-state index in [0.29, 0.717) is 0 Å². The van der Waals surface area contributed by atoms with Gasteiger partial charge < -0.3 is 5.32 Å². The molecular weight excluding hydrogens is 166 g/mol. The van der Waals surface area contributed by atoms with E-state index < -0.39 is 0 Å². The van der Waals surface area contributed by atoms with E-state index in [0.717, 1.165) is 17.2 Å². The van der Waals surface area contributed by atoms with Crippen LogP contribution in [0.4, 0.5) is 0 Å². The van der Waals surface area contributed by atoms with E-state index in [-0.39, 0.29) is 0 Å². The van der Waals surface area contributed by atoms with Crippen LogP contribution in [0.25, 0.3) is 0 Å². The second-order valence-electron chi connectivity index (χ2n) is 4.17. The Hall–Kier alpha value is 0.310. The number of nitrogens with one attached hydrogen (secondary N) is 1. The number of rotatable bonds is 6. The van der Waals surface area contributed by atoms with Gasteiger partial charge in [-0.1, -0.05) is 20.8 Å². The molecule has 1 aliphatic carbocycles. The lowest BCUT2D eigenvalue weighted by atomic mass is 10.2. The summed E-state index contributed by atoms with van der Waals surface area (Å²) in [5.41, 5.74) is 0. The molecule has 72 valence electrons. The van der Waals surface area contributed by atoms with Crippen LogP contribution in [0.15, 0.2) is 0 Å². The Balaban J connectivity index is 1.91. The highest BCUT2D eigenvalue weighted by atomic mass is 32.2. The van der Waals surface area contributed by atoms with Crippen molar-refractivity contribution in [2.45, 2.75) is 44.9 Å². The van der Waals surface area contributed by atoms with Gasteiger partial charge in [-0.05, 0) is 36.3 Å². The lowest BCUT2D eigenvalue weighted by molar-refractivity contribution is 0.556. The molecule has 0 heterocycles. The van der Waals surface area contributed by atoms with Gasteiger partial charge in [-0.3, -0.25) is 0 Å². The first-order valence-corrected chi connectivity index (χ1v) is 6.08. The van der Waals surface area contributed by atoms with Gasteiger partial charge in [0.15, 0.2) is 0 Å². The summed E-state index contributed by atoms with van der Waals surface area (Å²) in [6, 6.07) is 0.872. The normalized spacial score (nSPS) is 20.0. The Morgan fingerprint density at radius 2 is 2.00 bits per heavy atom. The van der Waals surface area contributed by atoms with Crippen molar-refractivity contribution in [3.8, 4) is 0 Å². The SMILES string of the molecule is CC(CNC1CC1)CSC(C)C. The quantitative estimate of drug-likeness (QED) is 0.686. The first-order valence-electron chi connectivity index (χ1n) is 5.03. The Bertz CT molecular complexity index is 115. The maximum Gasteiger partial charge on any atom is 0.00683 e. The first-order chi connectivity index (χ1) is 5.68. The lowest BCUT2D eigenvalue weighted by Gasteiger charge is -2.13. The van der Waals surface area contributed by atoms with Crippen molar-refractivity contribution in [1.82, 2.24) is 5.32 Å². The average molecular weight is 187 g/mol. The summed E-state index contributed by atoms with van der Waals surface area (Å²) < 4.78 is 0. The van der Waals surface area contributed by atoms with Crippen LogP contribution >= 0.6 is 11.8 Å². The van der Waals surface area contributed by atoms with Crippen molar-refractivity contribution in [3.05, 3.63) is 0 Å². The minimum atomic E-state index is 0.786. The van der Waals surface area contributed by atoms with Crippen molar-refractivity contribution < 1.29 is 0 Å². The fraction of sp³-hybridized carbons (Fsp3) is 1.00. The van der Waals surface area contributed by atoms with Crippen LogP contribution < -0.4 is 5.32 Å². The molecule has 1 nitrogen and oxygen atoms in total. The van der Waals surface area contributed by atoms with Gasteiger partial charge in [0.05, 0.1) is 0 Å². The maximum absolute atomic E-state index is 3.57. The molecule has 12 heavy (non-hydrogen) atoms. The second-order valence-corrected chi connectivity index (χ2v) is 5.78. The topological polar surface area (TPSA) is 12.0 Å². The minimum Gasteiger partial charge on any atom is -0.314 e. The van der Waals surface area contributed by atoms with Crippen LogP contribution in [0.2, 0.25) is 0 Å². The van der Waals surface area contributed by atoms with Crippen molar-refractivity contribution in [1.29, 1.82) is 0 Å². The van der Waals surface area contributed by atoms with Crippen molar-refractivity contribution in [3.63, 3.8) is 0 Å². The predicted molar refractivity (Wildman–Crippen MR) is 57.8 cm³/mol. The van der Waals surface area contributed by atoms with E-state index in [1.807, 2.05) is 0 Å². The fourth-order valence-corrected chi connectivity index (χ4v) is 1.90. The molecule has 0 aromatic carbocycles. The highest BCUT2D eigenvalue weighted by Crippen LogP contribution is 2.19. The van der Waals surface area contributed by atoms with Gasteiger partial charge in [-0.15, -0.1) is 0 Å². The van der Waals surface area contributed by atoms with E-state index in [4.69, 9.17) is 0 Å². The largest absolute Gasteiger partial charge is 0.314 e. The summed E-state index contributed by atoms with van der Waals surface area (Å²) in [4.78, 5) is 0. The number of thioether (sulfide) groups is 1. The Morgan fingerprint density at radius 3 is 2.50 bits per heavy atom. The van der Waals surface area contributed by atoms with Crippen molar-refractivity contribution in [2.24, 2.45) is 5.92 Å². The zero-order chi connectivity index (χ0) is 8.97. The van der Waals surface area contributed by atoms with E-state index in [9.17, 15) is 0 Å². The molecule has 1 atom stereocenters. The zero-order valence-electron chi connectivity index (χ0n) is 8.47. The lowest BCUT2D eigenvalue weighted by Crippen LogP contribution is -2.24. The molecule has 0 aromatic rings. The third-order valence-electron chi connectivity index (χ3n) is 2.05. The van der Waals surface area contributed by atoms with Crippen LogP contribution in [0.5, 0.6) is 0 Å². The standard InChI is InChI=1S/C10H21NS/c1-8(2)12-7-9(3)6-11-10-4-5-10/h8-11H,4-7H2,1-3H3. The smallest absolute Gasteiger partial charge is 0.00683 e. The van der Waals surface area contributed by atoms with Crippen LogP contribution in [0.1, 0.15) is 33.6 Å². The second kappa shape index (κ2) is 5.13. The summed E-state index contributed by atoms with van der Waals surface area (Å²) in [7, 11) is 0. The minimum absolute atomic E-state index is 0.786. The van der Waals surface area contributed by atoms with Gasteiger partial charge in [0.2, 0.25) is 0 Å². The summed E-state index contributed by atoms with van der Waals surface area (Å²) in [6.45, 7) is 8.09. The van der Waals surface area contributed by atoms with Gasteiger partial charge >= 0.3 is 0 Å². The van der Waals surface area contributed by atoms with Crippen LogP contribution in [-0.2, 0) is 0 Å². The monoisotopic (exact) mass is 187 g/mol. The molecule has 1 unspecified atom stereocenters. The molecule has 0 aromatic heterocycles. The molecule has 0 aliphatic heterocycles. The van der Waals surface area contributed by atoms with Gasteiger partial charge in [0.25, 0.3) is 0 Å². The Labute approximate surface area is 80.7 Å². The molecule has 1 fully saturated rings. The summed E-state index contributed by atoms with van der Waals surface area (Å²) in [5, 5.41) is 4.35. The molecule has 0 bridgehead atoms. The van der Waals surface area contributed by atoms with Gasteiger partial charge in [0, 0.05) is 6.04 Å². The molecule has 0 spiro atoms. The van der Waals surface area contributed by atoms with Gasteiger partial charge in [-0.25, -0.2) is 0 Å². The van der Waals surface area contributed by atoms with Crippen LogP contribution in [-0.4, -0.2) is 23.6 Å². The number of hydrogen-bond donors (Lipinski definition) is 1. The van der Waals surface area contributed by atoms with E-state index in [2.05, 4.69) is 37.8 Å². The highest BCUT2D eigenvalue weighted by Gasteiger charge is 2.20. The average Bonchev–Trinajstić information content (AvgIpc) is 2.80. The summed E-state index contributed by atoms with van der Waals surface area (Å²) in [6.07, 6.45) is 2.81. The highest BCUT2D eigenvalue weighted by molar-refractivity contribution is 7.99. The molecule has 0 saturated heterocycles. The molecule has 2 heteroatoms. The molecule has 1 rings (SSSR count). The summed E-state index contributed by atoms with van der Waals surface area (Å²) >= 11 is 2.07. The molecule has 0 amide bonds. The third-order valence-corrected chi connectivity index (χ3v) is 3.47. The van der Waals surface area contributed by atoms with Crippen molar-refractivity contribution >= 4 is 11.8 Å². The predicted octanol–water partition coefficient (Wildman–Crippen LogP) is 2.52. The van der Waals surface area contributed by atoms with E-state index in [1.54, 1.807) is 0 Å². The number of hydrogen-bond acceptors (Lipinski definition) is 2. The zero-order valence-corrected chi connectivity index (χ0v) is 9.29. The Morgan fingerprint density at radius 1 is 1.33 bits per heavy atom. The van der Waals surface area contributed by atoms with E-state index >= 15 is 0 Å². The molecular formula is C10H21NS. The van der Waals surface area contributed by atoms with Crippen molar-refractivity contribution in [2.75, 3.05) is 12.3 Å². The van der Waals surface area contributed by atoms with Crippen LogP contribution in [0.3, 0.4) is 0 Å². The molecule has 1 saturated carbocycles. The molecule has 1 aliphatic rings. The van der Waals surface area contributed by atoms with E-state index in [1.165, 1.54) is 25.1 Å². The Kier molecular flexibility index (Phi) is 4.44. The maximum atomic E-state index is 3.57. The first kappa shape index (κ1) is 10.4. The third kappa shape index (κ3) is 5.04. The molecule has 0 radical (unpaired) electrons.